The Morgan fingerprint density at radius 1 is 1.57 bits per heavy atom. The Labute approximate surface area is 80.6 Å². The van der Waals surface area contributed by atoms with E-state index in [1.54, 1.807) is 0 Å². The van der Waals surface area contributed by atoms with Gasteiger partial charge in [0.15, 0.2) is 12.0 Å². The summed E-state index contributed by atoms with van der Waals surface area (Å²) in [6.45, 7) is 5.65. The lowest BCUT2D eigenvalue weighted by molar-refractivity contribution is 0.112. The molecule has 0 fully saturated rings. The van der Waals surface area contributed by atoms with E-state index in [1.165, 1.54) is 0 Å². The smallest absolute Gasteiger partial charge is 0.221 e. The molecule has 14 heavy (non-hydrogen) atoms. The Morgan fingerprint density at radius 2 is 2.21 bits per heavy atom. The number of carbonyl (C=O) groups is 1. The number of oxazole rings is 1. The Balaban J connectivity index is 3.26. The van der Waals surface area contributed by atoms with Gasteiger partial charge in [-0.2, -0.15) is 0 Å². The first kappa shape index (κ1) is 10.3. The Bertz CT molecular complexity index is 396. The summed E-state index contributed by atoms with van der Waals surface area (Å²) in [5.74, 6) is 0.300. The molecule has 0 saturated carbocycles. The largest absolute Gasteiger partial charge is 0.438 e. The van der Waals surface area contributed by atoms with E-state index < -0.39 is 0 Å². The second-order valence-corrected chi connectivity index (χ2v) is 3.77. The lowest BCUT2D eigenvalue weighted by Crippen LogP contribution is -2.11. The first-order valence-corrected chi connectivity index (χ1v) is 4.00. The van der Waals surface area contributed by atoms with Gasteiger partial charge in [0.25, 0.3) is 0 Å². The zero-order valence-corrected chi connectivity index (χ0v) is 8.18. The summed E-state index contributed by atoms with van der Waals surface area (Å²) < 4.78 is 5.15. The van der Waals surface area contributed by atoms with Crippen molar-refractivity contribution in [1.82, 2.24) is 4.98 Å². The van der Waals surface area contributed by atoms with Gasteiger partial charge in [0, 0.05) is 10.3 Å². The van der Waals surface area contributed by atoms with Crippen molar-refractivity contribution in [3.05, 3.63) is 22.0 Å². The van der Waals surface area contributed by atoms with Gasteiger partial charge in [-0.1, -0.05) is 20.8 Å². The van der Waals surface area contributed by atoms with Crippen LogP contribution in [-0.4, -0.2) is 11.3 Å². The van der Waals surface area contributed by atoms with Crippen LogP contribution in [0.1, 0.15) is 37.2 Å². The highest BCUT2D eigenvalue weighted by Crippen LogP contribution is 2.27. The molecule has 0 amide bonds. The molecule has 0 radical (unpaired) electrons. The zero-order valence-electron chi connectivity index (χ0n) is 8.18. The number of aromatic nitrogens is 1. The lowest BCUT2D eigenvalue weighted by atomic mass is 9.97. The van der Waals surface area contributed by atoms with Gasteiger partial charge in [-0.15, -0.1) is 0 Å². The van der Waals surface area contributed by atoms with E-state index in [0.717, 1.165) is 0 Å². The van der Waals surface area contributed by atoms with Crippen LogP contribution in [0, 0.1) is 0 Å². The molecular weight excluding hydrogens is 184 g/mol. The fraction of sp³-hybridized carbons (Fsp3) is 0.500. The minimum absolute atomic E-state index is 0.0349. The van der Waals surface area contributed by atoms with Crippen molar-refractivity contribution in [3.8, 4) is 0 Å². The number of hydrogen-bond acceptors (Lipinski definition) is 4. The molecule has 0 spiro atoms. The topological polar surface area (TPSA) is 91.9 Å². The third kappa shape index (κ3) is 1.92. The molecule has 74 valence electrons. The van der Waals surface area contributed by atoms with Crippen LogP contribution >= 0.6 is 0 Å². The molecule has 0 aliphatic heterocycles. The summed E-state index contributed by atoms with van der Waals surface area (Å²) in [5, 5.41) is 3.23. The van der Waals surface area contributed by atoms with Crippen LogP contribution in [0.4, 0.5) is 5.88 Å². The maximum Gasteiger partial charge on any atom is 0.221 e. The molecule has 1 rings (SSSR count). The minimum Gasteiger partial charge on any atom is -0.438 e. The van der Waals surface area contributed by atoms with Crippen LogP contribution in [0.15, 0.2) is 9.53 Å². The number of carbonyl (C=O) groups excluding carboxylic acids is 1. The van der Waals surface area contributed by atoms with E-state index >= 15 is 0 Å². The SMILES string of the molecule is CC(C)(C)c1nc(C=O)c(N=[N+]=[N-])o1. The molecule has 0 aliphatic rings. The number of nitrogens with zero attached hydrogens (tertiary/aromatic N) is 4. The fourth-order valence-corrected chi connectivity index (χ4v) is 0.834. The molecule has 0 atom stereocenters. The fourth-order valence-electron chi connectivity index (χ4n) is 0.834. The van der Waals surface area contributed by atoms with Crippen LogP contribution in [0.5, 0.6) is 0 Å². The Kier molecular flexibility index (Phi) is 2.58. The van der Waals surface area contributed by atoms with Crippen LogP contribution in [0.25, 0.3) is 10.4 Å². The summed E-state index contributed by atoms with van der Waals surface area (Å²) in [5.41, 5.74) is 7.92. The number of aldehydes is 1. The standard InChI is InChI=1S/C8H10N4O2/c1-8(2,3)7-10-5(4-13)6(14-7)11-12-9/h4H,1-3H3. The summed E-state index contributed by atoms with van der Waals surface area (Å²) in [4.78, 5) is 17.0. The molecule has 6 heteroatoms. The molecular formula is C8H10N4O2. The van der Waals surface area contributed by atoms with Crippen molar-refractivity contribution in [2.45, 2.75) is 26.2 Å². The highest BCUT2D eigenvalue weighted by Gasteiger charge is 2.22. The van der Waals surface area contributed by atoms with Gasteiger partial charge >= 0.3 is 0 Å². The molecule has 0 saturated heterocycles. The van der Waals surface area contributed by atoms with Gasteiger partial charge in [0.2, 0.25) is 11.8 Å². The predicted molar refractivity (Wildman–Crippen MR) is 49.4 cm³/mol. The lowest BCUT2D eigenvalue weighted by Gasteiger charge is -2.11. The predicted octanol–water partition coefficient (Wildman–Crippen LogP) is 2.73. The molecule has 1 heterocycles. The van der Waals surface area contributed by atoms with Crippen molar-refractivity contribution >= 4 is 12.2 Å². The average Bonchev–Trinajstić information content (AvgIpc) is 2.47. The van der Waals surface area contributed by atoms with Crippen LogP contribution < -0.4 is 0 Å². The van der Waals surface area contributed by atoms with E-state index in [-0.39, 0.29) is 17.0 Å². The number of hydrogen-bond donors (Lipinski definition) is 0. The third-order valence-electron chi connectivity index (χ3n) is 1.52. The van der Waals surface area contributed by atoms with E-state index in [0.29, 0.717) is 12.2 Å². The van der Waals surface area contributed by atoms with Crippen molar-refractivity contribution in [1.29, 1.82) is 0 Å². The van der Waals surface area contributed by atoms with Gasteiger partial charge in [0.1, 0.15) is 0 Å². The molecule has 0 aromatic carbocycles. The van der Waals surface area contributed by atoms with Crippen molar-refractivity contribution < 1.29 is 9.21 Å². The molecule has 0 aliphatic carbocycles. The van der Waals surface area contributed by atoms with E-state index in [1.807, 2.05) is 20.8 Å². The number of rotatable bonds is 2. The minimum atomic E-state index is -0.318. The summed E-state index contributed by atoms with van der Waals surface area (Å²) in [7, 11) is 0. The highest BCUT2D eigenvalue weighted by molar-refractivity contribution is 5.77. The average molecular weight is 194 g/mol. The Morgan fingerprint density at radius 3 is 2.64 bits per heavy atom. The van der Waals surface area contributed by atoms with E-state index in [2.05, 4.69) is 15.0 Å². The summed E-state index contributed by atoms with van der Waals surface area (Å²) >= 11 is 0. The molecule has 1 aromatic rings. The first-order valence-electron chi connectivity index (χ1n) is 4.00. The van der Waals surface area contributed by atoms with Gasteiger partial charge < -0.3 is 4.42 Å². The zero-order chi connectivity index (χ0) is 10.8. The van der Waals surface area contributed by atoms with Crippen LogP contribution in [0.2, 0.25) is 0 Å². The van der Waals surface area contributed by atoms with E-state index in [9.17, 15) is 4.79 Å². The van der Waals surface area contributed by atoms with Gasteiger partial charge in [-0.25, -0.2) is 4.98 Å². The first-order chi connectivity index (χ1) is 6.49. The van der Waals surface area contributed by atoms with Crippen LogP contribution in [-0.2, 0) is 5.41 Å². The highest BCUT2D eigenvalue weighted by atomic mass is 16.4. The van der Waals surface area contributed by atoms with Crippen molar-refractivity contribution in [2.24, 2.45) is 5.11 Å². The Hall–Kier alpha value is -1.81. The quantitative estimate of drug-likeness (QED) is 0.313. The molecule has 0 bridgehead atoms. The normalized spacial score (nSPS) is 10.8. The van der Waals surface area contributed by atoms with Gasteiger partial charge in [-0.05, 0) is 10.6 Å². The van der Waals surface area contributed by atoms with Crippen molar-refractivity contribution in [2.75, 3.05) is 0 Å². The summed E-state index contributed by atoms with van der Waals surface area (Å²) in [6.07, 6.45) is 0.503. The van der Waals surface area contributed by atoms with E-state index in [4.69, 9.17) is 9.95 Å². The van der Waals surface area contributed by atoms with Crippen LogP contribution in [0.3, 0.4) is 0 Å². The maximum absolute atomic E-state index is 10.5. The monoisotopic (exact) mass is 194 g/mol. The van der Waals surface area contributed by atoms with Gasteiger partial charge in [-0.3, -0.25) is 4.79 Å². The molecule has 6 nitrogen and oxygen atoms in total. The molecule has 1 aromatic heterocycles. The third-order valence-corrected chi connectivity index (χ3v) is 1.52. The number of azide groups is 1. The second-order valence-electron chi connectivity index (χ2n) is 3.77. The maximum atomic E-state index is 10.5. The molecule has 0 N–H and O–H groups in total. The summed E-state index contributed by atoms with van der Waals surface area (Å²) in [6, 6.07) is 0. The molecule has 0 unspecified atom stereocenters. The van der Waals surface area contributed by atoms with Crippen molar-refractivity contribution in [3.63, 3.8) is 0 Å². The second kappa shape index (κ2) is 3.51. The van der Waals surface area contributed by atoms with Gasteiger partial charge in [0.05, 0.1) is 0 Å².